The minimum atomic E-state index is -3.34. The molecule has 0 bridgehead atoms. The Labute approximate surface area is 133 Å². The van der Waals surface area contributed by atoms with Crippen LogP contribution in [0.1, 0.15) is 13.3 Å². The Hall–Kier alpha value is -2.20. The minimum absolute atomic E-state index is 0.0576. The smallest absolute Gasteiger partial charge is 0.368 e. The fourth-order valence-corrected chi connectivity index (χ4v) is 3.06. The van der Waals surface area contributed by atoms with Crippen LogP contribution in [0.3, 0.4) is 0 Å². The van der Waals surface area contributed by atoms with Crippen molar-refractivity contribution >= 4 is 15.7 Å². The summed E-state index contributed by atoms with van der Waals surface area (Å²) in [7, 11) is -1.81. The van der Waals surface area contributed by atoms with Gasteiger partial charge in [0.1, 0.15) is 0 Å². The maximum Gasteiger partial charge on any atom is 0.368 e. The van der Waals surface area contributed by atoms with Crippen LogP contribution in [0, 0.1) is 0 Å². The third-order valence-corrected chi connectivity index (χ3v) is 4.50. The quantitative estimate of drug-likeness (QED) is 0.736. The molecule has 0 atom stereocenters. The molecular formula is C13H19N5O4S. The first-order valence-electron chi connectivity index (χ1n) is 7.09. The zero-order chi connectivity index (χ0) is 16.9. The number of sulfonamides is 1. The highest BCUT2D eigenvalue weighted by atomic mass is 32.2. The number of nitrogens with one attached hydrogen (secondary N) is 1. The van der Waals surface area contributed by atoms with Gasteiger partial charge in [-0.2, -0.15) is 9.36 Å². The highest BCUT2D eigenvalue weighted by Gasteiger charge is 2.11. The second kappa shape index (κ2) is 7.38. The molecule has 0 fully saturated rings. The first kappa shape index (κ1) is 17.2. The van der Waals surface area contributed by atoms with Gasteiger partial charge >= 0.3 is 5.69 Å². The van der Waals surface area contributed by atoms with E-state index in [-0.39, 0.29) is 11.4 Å². The van der Waals surface area contributed by atoms with Crippen molar-refractivity contribution in [2.75, 3.05) is 24.2 Å². The molecule has 0 saturated carbocycles. The summed E-state index contributed by atoms with van der Waals surface area (Å²) in [5.74, 6) is 0.0576. The molecule has 2 aromatic rings. The molecule has 0 radical (unpaired) electrons. The molecule has 1 aromatic heterocycles. The molecule has 2 rings (SSSR count). The van der Waals surface area contributed by atoms with Crippen LogP contribution >= 0.6 is 0 Å². The molecule has 0 aliphatic heterocycles. The number of aromatic nitrogens is 4. The van der Waals surface area contributed by atoms with E-state index < -0.39 is 10.0 Å². The van der Waals surface area contributed by atoms with Gasteiger partial charge in [0.15, 0.2) is 0 Å². The Morgan fingerprint density at radius 3 is 2.52 bits per heavy atom. The normalized spacial score (nSPS) is 11.6. The number of nitrogens with zero attached hydrogens (tertiary/aromatic N) is 4. The summed E-state index contributed by atoms with van der Waals surface area (Å²) in [6.07, 6.45) is 0.535. The molecule has 1 N–H and O–H groups in total. The van der Waals surface area contributed by atoms with Crippen LogP contribution in [0.4, 0.5) is 5.69 Å². The van der Waals surface area contributed by atoms with E-state index in [1.54, 1.807) is 31.2 Å². The summed E-state index contributed by atoms with van der Waals surface area (Å²) in [6.45, 7) is 2.46. The van der Waals surface area contributed by atoms with Gasteiger partial charge in [-0.15, -0.1) is 0 Å². The second-order valence-corrected chi connectivity index (χ2v) is 6.70. The molecule has 0 saturated heterocycles. The van der Waals surface area contributed by atoms with Crippen molar-refractivity contribution in [1.82, 2.24) is 19.8 Å². The number of hydrogen-bond acceptors (Lipinski definition) is 6. The third kappa shape index (κ3) is 4.39. The van der Waals surface area contributed by atoms with Crippen molar-refractivity contribution in [2.24, 2.45) is 0 Å². The standard InChI is InChI=1S/C13H19N5O4S/c1-3-10-23(20,21)14-11-4-6-12(7-5-11)18-13(19)17(15-16-18)8-9-22-2/h4-7,14H,3,8-10H2,1-2H3. The van der Waals surface area contributed by atoms with Crippen LogP contribution in [0.25, 0.3) is 5.69 Å². The number of benzene rings is 1. The molecular weight excluding hydrogens is 322 g/mol. The van der Waals surface area contributed by atoms with E-state index >= 15 is 0 Å². The van der Waals surface area contributed by atoms with Gasteiger partial charge in [0, 0.05) is 12.8 Å². The molecule has 0 aliphatic carbocycles. The summed E-state index contributed by atoms with van der Waals surface area (Å²) in [4.78, 5) is 12.1. The molecule has 1 heterocycles. The van der Waals surface area contributed by atoms with E-state index in [2.05, 4.69) is 15.1 Å². The number of anilines is 1. The van der Waals surface area contributed by atoms with E-state index in [1.807, 2.05) is 0 Å². The monoisotopic (exact) mass is 341 g/mol. The Morgan fingerprint density at radius 1 is 1.22 bits per heavy atom. The Kier molecular flexibility index (Phi) is 5.50. The lowest BCUT2D eigenvalue weighted by molar-refractivity contribution is 0.181. The first-order chi connectivity index (χ1) is 11.0. The molecule has 9 nitrogen and oxygen atoms in total. The van der Waals surface area contributed by atoms with Crippen molar-refractivity contribution in [2.45, 2.75) is 19.9 Å². The van der Waals surface area contributed by atoms with Gasteiger partial charge in [0.2, 0.25) is 10.0 Å². The van der Waals surface area contributed by atoms with Gasteiger partial charge in [0.25, 0.3) is 0 Å². The largest absolute Gasteiger partial charge is 0.383 e. The van der Waals surface area contributed by atoms with Crippen molar-refractivity contribution < 1.29 is 13.2 Å². The predicted octanol–water partition coefficient (Wildman–Crippen LogP) is 0.227. The molecule has 0 aliphatic rings. The highest BCUT2D eigenvalue weighted by molar-refractivity contribution is 7.92. The lowest BCUT2D eigenvalue weighted by atomic mass is 10.3. The average molecular weight is 341 g/mol. The third-order valence-electron chi connectivity index (χ3n) is 3.00. The summed E-state index contributed by atoms with van der Waals surface area (Å²) in [5.41, 5.74) is 0.542. The summed E-state index contributed by atoms with van der Waals surface area (Å²) < 4.78 is 33.1. The maximum absolute atomic E-state index is 12.1. The lowest BCUT2D eigenvalue weighted by Crippen LogP contribution is -2.25. The fraction of sp³-hybridized carbons (Fsp3) is 0.462. The van der Waals surface area contributed by atoms with E-state index in [4.69, 9.17) is 4.74 Å². The van der Waals surface area contributed by atoms with Gasteiger partial charge in [-0.3, -0.25) is 4.72 Å². The van der Waals surface area contributed by atoms with Gasteiger partial charge in [0.05, 0.1) is 24.6 Å². The van der Waals surface area contributed by atoms with Crippen LogP contribution in [0.15, 0.2) is 29.1 Å². The number of tetrazole rings is 1. The number of ether oxygens (including phenoxy) is 1. The van der Waals surface area contributed by atoms with Crippen LogP contribution in [-0.2, 0) is 21.3 Å². The van der Waals surface area contributed by atoms with Crippen molar-refractivity contribution in [3.8, 4) is 5.69 Å². The van der Waals surface area contributed by atoms with E-state index in [0.717, 1.165) is 4.68 Å². The molecule has 1 aromatic carbocycles. The zero-order valence-corrected chi connectivity index (χ0v) is 13.8. The second-order valence-electron chi connectivity index (χ2n) is 4.86. The summed E-state index contributed by atoms with van der Waals surface area (Å²) in [5, 5.41) is 7.56. The molecule has 0 spiro atoms. The van der Waals surface area contributed by atoms with Crippen LogP contribution in [0.5, 0.6) is 0 Å². The Balaban J connectivity index is 2.17. The summed E-state index contributed by atoms with van der Waals surface area (Å²) in [6, 6.07) is 6.34. The molecule has 10 heteroatoms. The van der Waals surface area contributed by atoms with Crippen LogP contribution in [0.2, 0.25) is 0 Å². The number of rotatable bonds is 8. The Bertz CT molecular complexity index is 795. The highest BCUT2D eigenvalue weighted by Crippen LogP contribution is 2.13. The van der Waals surface area contributed by atoms with E-state index in [0.29, 0.717) is 30.9 Å². The van der Waals surface area contributed by atoms with Gasteiger partial charge in [-0.1, -0.05) is 6.92 Å². The van der Waals surface area contributed by atoms with Crippen LogP contribution in [-0.4, -0.2) is 47.7 Å². The minimum Gasteiger partial charge on any atom is -0.383 e. The van der Waals surface area contributed by atoms with Crippen LogP contribution < -0.4 is 10.4 Å². The van der Waals surface area contributed by atoms with Crippen molar-refractivity contribution in [3.05, 3.63) is 34.7 Å². The topological polar surface area (TPSA) is 108 Å². The van der Waals surface area contributed by atoms with Crippen molar-refractivity contribution in [3.63, 3.8) is 0 Å². The first-order valence-corrected chi connectivity index (χ1v) is 8.74. The zero-order valence-electron chi connectivity index (χ0n) is 13.0. The number of hydrogen-bond donors (Lipinski definition) is 1. The van der Waals surface area contributed by atoms with Gasteiger partial charge < -0.3 is 4.74 Å². The maximum atomic E-state index is 12.1. The molecule has 0 unspecified atom stereocenters. The number of methoxy groups -OCH3 is 1. The Morgan fingerprint density at radius 2 is 1.91 bits per heavy atom. The molecule has 23 heavy (non-hydrogen) atoms. The lowest BCUT2D eigenvalue weighted by Gasteiger charge is -2.07. The fourth-order valence-electron chi connectivity index (χ4n) is 1.92. The molecule has 0 amide bonds. The SMILES string of the molecule is CCCS(=O)(=O)Nc1ccc(-n2nnn(CCOC)c2=O)cc1. The van der Waals surface area contributed by atoms with Gasteiger partial charge in [-0.25, -0.2) is 13.2 Å². The summed E-state index contributed by atoms with van der Waals surface area (Å²) >= 11 is 0. The van der Waals surface area contributed by atoms with Gasteiger partial charge in [-0.05, 0) is 41.1 Å². The van der Waals surface area contributed by atoms with Crippen molar-refractivity contribution in [1.29, 1.82) is 0 Å². The van der Waals surface area contributed by atoms with E-state index in [1.165, 1.54) is 11.8 Å². The molecule has 126 valence electrons. The van der Waals surface area contributed by atoms with E-state index in [9.17, 15) is 13.2 Å². The predicted molar refractivity (Wildman–Crippen MR) is 85.2 cm³/mol. The average Bonchev–Trinajstić information content (AvgIpc) is 2.86.